The Labute approximate surface area is 163 Å². The maximum atomic E-state index is 12.8. The van der Waals surface area contributed by atoms with Crippen molar-refractivity contribution >= 4 is 44.6 Å². The summed E-state index contributed by atoms with van der Waals surface area (Å²) in [5.74, 6) is 0.639. The van der Waals surface area contributed by atoms with Crippen molar-refractivity contribution < 1.29 is 13.2 Å². The Morgan fingerprint density at radius 2 is 1.81 bits per heavy atom. The summed E-state index contributed by atoms with van der Waals surface area (Å²) < 4.78 is 33.5. The molecule has 6 nitrogen and oxygen atoms in total. The summed E-state index contributed by atoms with van der Waals surface area (Å²) in [5, 5.41) is 3.91. The van der Waals surface area contributed by atoms with E-state index in [4.69, 9.17) is 27.9 Å². The third-order valence-corrected chi connectivity index (χ3v) is 6.21. The van der Waals surface area contributed by atoms with Crippen molar-refractivity contribution in [2.45, 2.75) is 4.90 Å². The van der Waals surface area contributed by atoms with Gasteiger partial charge in [0.25, 0.3) is 10.0 Å². The fourth-order valence-electron chi connectivity index (χ4n) is 2.76. The summed E-state index contributed by atoms with van der Waals surface area (Å²) >= 11 is 11.8. The zero-order valence-electron chi connectivity index (χ0n) is 14.1. The van der Waals surface area contributed by atoms with Gasteiger partial charge in [-0.15, -0.1) is 0 Å². The number of nitrogens with one attached hydrogen (secondary N) is 2. The van der Waals surface area contributed by atoms with E-state index in [1.165, 1.54) is 12.1 Å². The predicted octanol–water partition coefficient (Wildman–Crippen LogP) is 3.21. The maximum Gasteiger partial charge on any atom is 0.261 e. The predicted molar refractivity (Wildman–Crippen MR) is 105 cm³/mol. The fourth-order valence-corrected chi connectivity index (χ4v) is 4.13. The van der Waals surface area contributed by atoms with Crippen molar-refractivity contribution in [1.82, 2.24) is 5.32 Å². The molecule has 3 rings (SSSR count). The zero-order chi connectivity index (χ0) is 18.7. The molecule has 1 aliphatic heterocycles. The molecule has 0 unspecified atom stereocenters. The molecule has 2 aromatic carbocycles. The van der Waals surface area contributed by atoms with E-state index in [9.17, 15) is 8.42 Å². The molecule has 0 spiro atoms. The number of methoxy groups -OCH3 is 1. The van der Waals surface area contributed by atoms with E-state index in [0.717, 1.165) is 31.9 Å². The summed E-state index contributed by atoms with van der Waals surface area (Å²) in [7, 11) is -2.21. The highest BCUT2D eigenvalue weighted by atomic mass is 35.5. The van der Waals surface area contributed by atoms with Crippen LogP contribution < -0.4 is 19.7 Å². The van der Waals surface area contributed by atoms with Gasteiger partial charge in [-0.1, -0.05) is 23.2 Å². The van der Waals surface area contributed by atoms with Crippen molar-refractivity contribution in [3.05, 3.63) is 46.4 Å². The van der Waals surface area contributed by atoms with Gasteiger partial charge in [0.2, 0.25) is 0 Å². The molecule has 140 valence electrons. The Morgan fingerprint density at radius 3 is 2.46 bits per heavy atom. The molecule has 26 heavy (non-hydrogen) atoms. The Hall–Kier alpha value is -1.67. The molecular formula is C17H19Cl2N3O3S. The number of piperazine rings is 1. The van der Waals surface area contributed by atoms with Gasteiger partial charge in [-0.25, -0.2) is 8.42 Å². The van der Waals surface area contributed by atoms with Crippen molar-refractivity contribution in [2.75, 3.05) is 42.9 Å². The van der Waals surface area contributed by atoms with Crippen LogP contribution in [-0.2, 0) is 10.0 Å². The summed E-state index contributed by atoms with van der Waals surface area (Å²) in [6, 6.07) is 9.39. The highest BCUT2D eigenvalue weighted by molar-refractivity contribution is 7.92. The molecule has 0 atom stereocenters. The van der Waals surface area contributed by atoms with Gasteiger partial charge in [0.1, 0.15) is 5.75 Å². The first-order chi connectivity index (χ1) is 12.4. The van der Waals surface area contributed by atoms with E-state index in [1.807, 2.05) is 0 Å². The topological polar surface area (TPSA) is 70.7 Å². The molecule has 1 fully saturated rings. The number of nitrogens with zero attached hydrogens (tertiary/aromatic N) is 1. The van der Waals surface area contributed by atoms with Crippen LogP contribution in [0.5, 0.6) is 5.75 Å². The zero-order valence-corrected chi connectivity index (χ0v) is 16.5. The van der Waals surface area contributed by atoms with Crippen LogP contribution in [0.15, 0.2) is 41.3 Å². The van der Waals surface area contributed by atoms with Crippen LogP contribution >= 0.6 is 23.2 Å². The lowest BCUT2D eigenvalue weighted by atomic mass is 10.2. The molecule has 2 aromatic rings. The van der Waals surface area contributed by atoms with E-state index in [1.54, 1.807) is 31.4 Å². The molecule has 0 saturated carbocycles. The fraction of sp³-hybridized carbons (Fsp3) is 0.294. The Morgan fingerprint density at radius 1 is 1.08 bits per heavy atom. The minimum absolute atomic E-state index is 0.151. The first-order valence-electron chi connectivity index (χ1n) is 8.02. The van der Waals surface area contributed by atoms with Crippen molar-refractivity contribution in [2.24, 2.45) is 0 Å². The molecule has 2 N–H and O–H groups in total. The Kier molecular flexibility index (Phi) is 5.82. The Bertz CT molecular complexity index is 900. The van der Waals surface area contributed by atoms with Crippen LogP contribution in [0, 0.1) is 0 Å². The number of ether oxygens (including phenoxy) is 1. The summed E-state index contributed by atoms with van der Waals surface area (Å²) in [5.41, 5.74) is 1.10. The van der Waals surface area contributed by atoms with E-state index in [2.05, 4.69) is 14.9 Å². The third-order valence-electron chi connectivity index (χ3n) is 4.09. The lowest BCUT2D eigenvalue weighted by Crippen LogP contribution is -2.43. The highest BCUT2D eigenvalue weighted by Gasteiger charge is 2.21. The minimum Gasteiger partial charge on any atom is -0.495 e. The molecule has 0 aliphatic carbocycles. The van der Waals surface area contributed by atoms with Gasteiger partial charge in [-0.3, -0.25) is 4.72 Å². The van der Waals surface area contributed by atoms with Crippen LogP contribution in [0.2, 0.25) is 10.0 Å². The van der Waals surface area contributed by atoms with Gasteiger partial charge >= 0.3 is 0 Å². The van der Waals surface area contributed by atoms with Gasteiger partial charge < -0.3 is 15.0 Å². The summed E-state index contributed by atoms with van der Waals surface area (Å²) in [4.78, 5) is 2.26. The minimum atomic E-state index is -3.78. The quantitative estimate of drug-likeness (QED) is 0.784. The largest absolute Gasteiger partial charge is 0.495 e. The number of rotatable bonds is 5. The number of hydrogen-bond acceptors (Lipinski definition) is 5. The average molecular weight is 416 g/mol. The van der Waals surface area contributed by atoms with E-state index in [-0.39, 0.29) is 9.92 Å². The number of benzene rings is 2. The summed E-state index contributed by atoms with van der Waals surface area (Å²) in [6.07, 6.45) is 0. The van der Waals surface area contributed by atoms with E-state index < -0.39 is 10.0 Å². The highest BCUT2D eigenvalue weighted by Crippen LogP contribution is 2.32. The van der Waals surface area contributed by atoms with Crippen LogP contribution in [0.1, 0.15) is 0 Å². The number of anilines is 2. The van der Waals surface area contributed by atoms with Gasteiger partial charge in [0.05, 0.1) is 33.4 Å². The monoisotopic (exact) mass is 415 g/mol. The normalized spacial score (nSPS) is 15.0. The lowest BCUT2D eigenvalue weighted by Gasteiger charge is -2.30. The van der Waals surface area contributed by atoms with Crippen molar-refractivity contribution in [3.8, 4) is 5.75 Å². The molecule has 1 saturated heterocycles. The van der Waals surface area contributed by atoms with Gasteiger partial charge in [-0.05, 0) is 36.4 Å². The second kappa shape index (κ2) is 7.92. The molecule has 1 heterocycles. The van der Waals surface area contributed by atoms with Gasteiger partial charge in [0.15, 0.2) is 0 Å². The smallest absolute Gasteiger partial charge is 0.261 e. The molecule has 0 amide bonds. The maximum absolute atomic E-state index is 12.8. The SMILES string of the molecule is COc1ccc(S(=O)(=O)Nc2ccc(Cl)c(Cl)c2)cc1N1CCNCC1. The van der Waals surface area contributed by atoms with Crippen LogP contribution in [0.25, 0.3) is 0 Å². The molecular weight excluding hydrogens is 397 g/mol. The molecule has 0 radical (unpaired) electrons. The molecule has 9 heteroatoms. The lowest BCUT2D eigenvalue weighted by molar-refractivity contribution is 0.412. The standard InChI is InChI=1S/C17H19Cl2N3O3S/c1-25-17-5-3-13(11-16(17)22-8-6-20-7-9-22)26(23,24)21-12-2-4-14(18)15(19)10-12/h2-5,10-11,20-21H,6-9H2,1H3. The Balaban J connectivity index is 1.92. The molecule has 0 bridgehead atoms. The number of hydrogen-bond donors (Lipinski definition) is 2. The van der Waals surface area contributed by atoms with Crippen LogP contribution in [0.3, 0.4) is 0 Å². The molecule has 0 aromatic heterocycles. The molecule has 1 aliphatic rings. The van der Waals surface area contributed by atoms with Crippen LogP contribution in [0.4, 0.5) is 11.4 Å². The first-order valence-corrected chi connectivity index (χ1v) is 10.3. The van der Waals surface area contributed by atoms with Gasteiger partial charge in [0, 0.05) is 26.2 Å². The second-order valence-corrected chi connectivity index (χ2v) is 8.30. The third kappa shape index (κ3) is 4.17. The summed E-state index contributed by atoms with van der Waals surface area (Å²) in [6.45, 7) is 3.23. The van der Waals surface area contributed by atoms with Gasteiger partial charge in [-0.2, -0.15) is 0 Å². The number of halogens is 2. The van der Waals surface area contributed by atoms with Crippen LogP contribution in [-0.4, -0.2) is 41.7 Å². The van der Waals surface area contributed by atoms with E-state index in [0.29, 0.717) is 16.5 Å². The number of sulfonamides is 1. The average Bonchev–Trinajstić information content (AvgIpc) is 2.64. The second-order valence-electron chi connectivity index (χ2n) is 5.81. The van der Waals surface area contributed by atoms with Crippen molar-refractivity contribution in [1.29, 1.82) is 0 Å². The first kappa shape index (κ1) is 19.1. The van der Waals surface area contributed by atoms with Crippen molar-refractivity contribution in [3.63, 3.8) is 0 Å². The van der Waals surface area contributed by atoms with E-state index >= 15 is 0 Å².